The predicted octanol–water partition coefficient (Wildman–Crippen LogP) is 4.80. The molecule has 8 nitrogen and oxygen atoms in total. The zero-order valence-electron chi connectivity index (χ0n) is 21.9. The van der Waals surface area contributed by atoms with Crippen molar-refractivity contribution in [3.8, 4) is 17.0 Å². The lowest BCUT2D eigenvalue weighted by molar-refractivity contribution is -0.192. The minimum absolute atomic E-state index is 0.100. The van der Waals surface area contributed by atoms with Gasteiger partial charge in [-0.05, 0) is 50.2 Å². The van der Waals surface area contributed by atoms with Gasteiger partial charge in [0.2, 0.25) is 0 Å². The smallest absolute Gasteiger partial charge is 0.482 e. The minimum Gasteiger partial charge on any atom is -0.482 e. The fourth-order valence-corrected chi connectivity index (χ4v) is 5.64. The van der Waals surface area contributed by atoms with Crippen LogP contribution in [0.5, 0.6) is 5.75 Å². The average Bonchev–Trinajstić information content (AvgIpc) is 3.63. The number of rotatable bonds is 4. The quantitative estimate of drug-likeness (QED) is 0.497. The highest BCUT2D eigenvalue weighted by atomic mass is 19.4. The van der Waals surface area contributed by atoms with Gasteiger partial charge in [-0.1, -0.05) is 30.3 Å². The summed E-state index contributed by atoms with van der Waals surface area (Å²) in [5.41, 5.74) is 3.81. The Morgan fingerprint density at radius 3 is 2.20 bits per heavy atom. The molecular weight excluding hydrogens is 525 g/mol. The predicted molar refractivity (Wildman–Crippen MR) is 141 cm³/mol. The number of piperidine rings is 1. The third-order valence-electron chi connectivity index (χ3n) is 7.73. The maximum absolute atomic E-state index is 13.0. The Kier molecular flexibility index (Phi) is 7.84. The van der Waals surface area contributed by atoms with E-state index in [4.69, 9.17) is 19.7 Å². The number of carboxylic acids is 1. The fourth-order valence-electron chi connectivity index (χ4n) is 5.64. The van der Waals surface area contributed by atoms with Crippen LogP contribution in [0.1, 0.15) is 41.6 Å². The van der Waals surface area contributed by atoms with Gasteiger partial charge in [-0.3, -0.25) is 9.48 Å². The van der Waals surface area contributed by atoms with Crippen molar-refractivity contribution >= 4 is 11.9 Å². The van der Waals surface area contributed by atoms with Crippen LogP contribution in [0, 0.1) is 0 Å². The van der Waals surface area contributed by atoms with Crippen LogP contribution in [-0.4, -0.2) is 75.5 Å². The number of aliphatic carboxylic acids is 1. The molecule has 0 saturated carbocycles. The molecular formula is C29H31F3N4O4. The highest BCUT2D eigenvalue weighted by molar-refractivity contribution is 5.94. The summed E-state index contributed by atoms with van der Waals surface area (Å²) in [4.78, 5) is 26.4. The zero-order chi connectivity index (χ0) is 28.3. The third kappa shape index (κ3) is 5.70. The lowest BCUT2D eigenvalue weighted by Crippen LogP contribution is -2.49. The normalized spacial score (nSPS) is 17.8. The van der Waals surface area contributed by atoms with Crippen LogP contribution in [0.25, 0.3) is 11.3 Å². The van der Waals surface area contributed by atoms with Gasteiger partial charge in [0.05, 0.1) is 18.4 Å². The number of carboxylic acid groups (broad SMARTS) is 1. The second-order valence-electron chi connectivity index (χ2n) is 10.2. The van der Waals surface area contributed by atoms with Crippen LogP contribution < -0.4 is 4.74 Å². The Balaban J connectivity index is 0.000000411. The van der Waals surface area contributed by atoms with E-state index in [-0.39, 0.29) is 5.91 Å². The molecule has 0 atom stereocenters. The molecule has 1 amide bonds. The zero-order valence-corrected chi connectivity index (χ0v) is 21.9. The first-order chi connectivity index (χ1) is 19.2. The van der Waals surface area contributed by atoms with Crippen molar-refractivity contribution in [1.29, 1.82) is 0 Å². The summed E-state index contributed by atoms with van der Waals surface area (Å²) in [5.74, 6) is -1.73. The number of ether oxygens (including phenoxy) is 1. The van der Waals surface area contributed by atoms with E-state index in [9.17, 15) is 18.0 Å². The first-order valence-electron chi connectivity index (χ1n) is 13.4. The van der Waals surface area contributed by atoms with Crippen LogP contribution in [0.3, 0.4) is 0 Å². The van der Waals surface area contributed by atoms with Gasteiger partial charge < -0.3 is 19.6 Å². The van der Waals surface area contributed by atoms with E-state index in [0.29, 0.717) is 13.1 Å². The lowest BCUT2D eigenvalue weighted by atomic mass is 9.81. The molecule has 3 aromatic rings. The van der Waals surface area contributed by atoms with E-state index in [2.05, 4.69) is 27.8 Å². The molecule has 1 aromatic heterocycles. The van der Waals surface area contributed by atoms with E-state index in [1.54, 1.807) is 0 Å². The molecule has 2 aromatic carbocycles. The molecule has 0 bridgehead atoms. The van der Waals surface area contributed by atoms with Crippen molar-refractivity contribution in [2.24, 2.45) is 0 Å². The van der Waals surface area contributed by atoms with Gasteiger partial charge in [-0.25, -0.2) is 4.79 Å². The Labute approximate surface area is 229 Å². The van der Waals surface area contributed by atoms with Gasteiger partial charge in [0.1, 0.15) is 11.4 Å². The number of aromatic nitrogens is 2. The number of halogens is 3. The van der Waals surface area contributed by atoms with Crippen molar-refractivity contribution < 1.29 is 32.6 Å². The number of hydrogen-bond acceptors (Lipinski definition) is 5. The molecule has 3 aliphatic rings. The Hall–Kier alpha value is -3.86. The number of benzene rings is 2. The maximum Gasteiger partial charge on any atom is 0.490 e. The first kappa shape index (κ1) is 27.7. The van der Waals surface area contributed by atoms with Crippen LogP contribution >= 0.6 is 0 Å². The number of likely N-dealkylation sites (tertiary alicyclic amines) is 2. The SMILES string of the molecule is O=C(O)C(F)(F)F.O=C(c1ccccc1)N1CCC2(CC1)Oc1ccccc1-c1c2cnn1CCN1CCCC1. The Morgan fingerprint density at radius 2 is 1.55 bits per heavy atom. The Morgan fingerprint density at radius 1 is 0.925 bits per heavy atom. The number of para-hydroxylation sites is 1. The molecule has 212 valence electrons. The number of hydrogen-bond donors (Lipinski definition) is 1. The van der Waals surface area contributed by atoms with Gasteiger partial charge in [0.15, 0.2) is 0 Å². The van der Waals surface area contributed by atoms with Gasteiger partial charge in [0.25, 0.3) is 5.91 Å². The summed E-state index contributed by atoms with van der Waals surface area (Å²) < 4.78 is 40.6. The van der Waals surface area contributed by atoms with Crippen LogP contribution in [0.15, 0.2) is 60.8 Å². The van der Waals surface area contributed by atoms with Crippen molar-refractivity contribution in [3.05, 3.63) is 71.9 Å². The molecule has 3 aliphatic heterocycles. The molecule has 0 radical (unpaired) electrons. The maximum atomic E-state index is 13.0. The van der Waals surface area contributed by atoms with Crippen molar-refractivity contribution in [2.75, 3.05) is 32.7 Å². The van der Waals surface area contributed by atoms with Crippen molar-refractivity contribution in [3.63, 3.8) is 0 Å². The van der Waals surface area contributed by atoms with Crippen LogP contribution in [-0.2, 0) is 16.9 Å². The molecule has 4 heterocycles. The summed E-state index contributed by atoms with van der Waals surface area (Å²) in [6, 6.07) is 17.9. The molecule has 0 aliphatic carbocycles. The number of carbonyl (C=O) groups is 2. The topological polar surface area (TPSA) is 87.9 Å². The number of amides is 1. The van der Waals surface area contributed by atoms with E-state index in [0.717, 1.165) is 42.8 Å². The van der Waals surface area contributed by atoms with E-state index >= 15 is 0 Å². The monoisotopic (exact) mass is 556 g/mol. The summed E-state index contributed by atoms with van der Waals surface area (Å²) in [6.45, 7) is 5.65. The molecule has 1 N–H and O–H groups in total. The molecule has 0 unspecified atom stereocenters. The Bertz CT molecular complexity index is 1340. The van der Waals surface area contributed by atoms with Crippen LogP contribution in [0.2, 0.25) is 0 Å². The molecule has 1 spiro atoms. The summed E-state index contributed by atoms with van der Waals surface area (Å²) >= 11 is 0. The van der Waals surface area contributed by atoms with E-state index in [1.807, 2.05) is 47.5 Å². The summed E-state index contributed by atoms with van der Waals surface area (Å²) in [7, 11) is 0. The molecule has 40 heavy (non-hydrogen) atoms. The highest BCUT2D eigenvalue weighted by Gasteiger charge is 2.46. The standard InChI is InChI=1S/C27H30N4O2.C2HF3O2/c32-26(21-8-2-1-3-9-21)30-16-12-27(13-17-30)23-20-28-31(19-18-29-14-6-7-15-29)25(23)22-10-4-5-11-24(22)33-27;3-2(4,5)1(6)7/h1-5,8-11,20H,6-7,12-19H2;(H,6,7). The average molecular weight is 557 g/mol. The fraction of sp³-hybridized carbons (Fsp3) is 0.414. The first-order valence-corrected chi connectivity index (χ1v) is 13.4. The number of alkyl halides is 3. The molecule has 2 saturated heterocycles. The second-order valence-corrected chi connectivity index (χ2v) is 10.2. The van der Waals surface area contributed by atoms with Gasteiger partial charge in [-0.15, -0.1) is 0 Å². The van der Waals surface area contributed by atoms with E-state index in [1.165, 1.54) is 37.2 Å². The number of nitrogens with zero attached hydrogens (tertiary/aromatic N) is 4. The molecule has 6 rings (SSSR count). The van der Waals surface area contributed by atoms with Gasteiger partial charge in [0, 0.05) is 49.2 Å². The number of carbonyl (C=O) groups excluding carboxylic acids is 1. The third-order valence-corrected chi connectivity index (χ3v) is 7.73. The van der Waals surface area contributed by atoms with Crippen LogP contribution in [0.4, 0.5) is 13.2 Å². The lowest BCUT2D eigenvalue weighted by Gasteiger charge is -2.44. The van der Waals surface area contributed by atoms with Gasteiger partial charge >= 0.3 is 12.1 Å². The van der Waals surface area contributed by atoms with Crippen molar-refractivity contribution in [1.82, 2.24) is 19.6 Å². The molecule has 2 fully saturated rings. The minimum atomic E-state index is -5.08. The molecule has 11 heteroatoms. The second kappa shape index (κ2) is 11.3. The summed E-state index contributed by atoms with van der Waals surface area (Å²) in [5, 5.41) is 12.0. The van der Waals surface area contributed by atoms with Gasteiger partial charge in [-0.2, -0.15) is 18.3 Å². The largest absolute Gasteiger partial charge is 0.490 e. The van der Waals surface area contributed by atoms with Crippen molar-refractivity contribution in [2.45, 2.75) is 44.0 Å². The highest BCUT2D eigenvalue weighted by Crippen LogP contribution is 2.49. The number of fused-ring (bicyclic) bond motifs is 4. The summed E-state index contributed by atoms with van der Waals surface area (Å²) in [6.07, 6.45) is 1.07. The van der Waals surface area contributed by atoms with E-state index < -0.39 is 17.7 Å².